The van der Waals surface area contributed by atoms with E-state index in [2.05, 4.69) is 0 Å². The molecule has 0 aromatic rings. The second-order valence-electron chi connectivity index (χ2n) is 1.68. The maximum Gasteiger partial charge on any atom is 0.163 e. The fraction of sp³-hybridized carbons (Fsp3) is 0.750. The van der Waals surface area contributed by atoms with Crippen LogP contribution in [0.3, 0.4) is 0 Å². The van der Waals surface area contributed by atoms with Crippen LogP contribution in [0.5, 0.6) is 0 Å². The number of rotatable bonds is 0. The summed E-state index contributed by atoms with van der Waals surface area (Å²) in [5.74, 6) is -1.33. The van der Waals surface area contributed by atoms with Gasteiger partial charge in [-0.3, -0.25) is 0 Å². The summed E-state index contributed by atoms with van der Waals surface area (Å²) >= 11 is 0. The van der Waals surface area contributed by atoms with E-state index in [1.54, 1.807) is 0 Å². The largest absolute Gasteiger partial charge is 0.412 e. The van der Waals surface area contributed by atoms with Crippen molar-refractivity contribution in [1.29, 1.82) is 0 Å². The van der Waals surface area contributed by atoms with Gasteiger partial charge in [0.25, 0.3) is 0 Å². The second kappa shape index (κ2) is 2.99. The number of hydrogen-bond donors (Lipinski definition) is 2. The van der Waals surface area contributed by atoms with Crippen LogP contribution in [-0.4, -0.2) is 27.0 Å². The molecule has 0 aromatic carbocycles. The molecular weight excluding hydrogens is 112 g/mol. The molecule has 8 heavy (non-hydrogen) atoms. The van der Waals surface area contributed by atoms with Gasteiger partial charge in [0.2, 0.25) is 0 Å². The lowest BCUT2D eigenvalue weighted by atomic mass is 9.92. The Morgan fingerprint density at radius 1 is 1.12 bits per heavy atom. The van der Waals surface area contributed by atoms with E-state index in [-0.39, 0.29) is 11.0 Å². The van der Waals surface area contributed by atoms with E-state index in [4.69, 9.17) is 10.2 Å². The Kier molecular flexibility index (Phi) is 4.01. The Balaban J connectivity index is 0. The molecule has 1 rings (SSSR count). The van der Waals surface area contributed by atoms with Crippen molar-refractivity contribution >= 4 is 0 Å². The van der Waals surface area contributed by atoms with Crippen LogP contribution >= 0.6 is 0 Å². The van der Waals surface area contributed by atoms with E-state index in [1.807, 2.05) is 6.42 Å². The van der Waals surface area contributed by atoms with Crippen LogP contribution in [0.25, 0.3) is 0 Å². The van der Waals surface area contributed by atoms with Crippen LogP contribution in [0.4, 0.5) is 0 Å². The van der Waals surface area contributed by atoms with Crippen molar-refractivity contribution in [3.8, 4) is 0 Å². The average Bonchev–Trinajstić information content (AvgIpc) is 1.32. The van der Waals surface area contributed by atoms with Crippen LogP contribution in [0.15, 0.2) is 0 Å². The first-order valence-corrected chi connectivity index (χ1v) is 1.97. The molecule has 0 aliphatic heterocycles. The monoisotopic (exact) mass is 123 g/mol. The van der Waals surface area contributed by atoms with Crippen LogP contribution in [0, 0.1) is 6.42 Å². The highest BCUT2D eigenvalue weighted by molar-refractivity contribution is 4.90. The summed E-state index contributed by atoms with van der Waals surface area (Å²) in [4.78, 5) is 0. The van der Waals surface area contributed by atoms with Gasteiger partial charge in [-0.05, 0) is 6.42 Å². The minimum absolute atomic E-state index is 0. The summed E-state index contributed by atoms with van der Waals surface area (Å²) in [6, 6.07) is 0. The first kappa shape index (κ1) is 10.8. The van der Waals surface area contributed by atoms with E-state index in [9.17, 15) is 0 Å². The number of hydrogen-bond acceptors (Lipinski definition) is 2. The maximum atomic E-state index is 8.44. The van der Waals surface area contributed by atoms with Gasteiger partial charge < -0.3 is 21.2 Å². The molecule has 1 aliphatic rings. The zero-order chi connectivity index (χ0) is 4.62. The third kappa shape index (κ3) is 2.23. The first-order valence-electron chi connectivity index (χ1n) is 1.97. The van der Waals surface area contributed by atoms with Crippen LogP contribution < -0.4 is 0 Å². The Morgan fingerprint density at radius 2 is 1.38 bits per heavy atom. The first-order chi connectivity index (χ1) is 2.71. The Morgan fingerprint density at radius 3 is 1.38 bits per heavy atom. The van der Waals surface area contributed by atoms with Crippen molar-refractivity contribution in [3.05, 3.63) is 6.42 Å². The predicted octanol–water partition coefficient (Wildman–Crippen LogP) is -1.98. The highest BCUT2D eigenvalue weighted by atomic mass is 16.5. The zero-order valence-electron chi connectivity index (χ0n) is 4.39. The quantitative estimate of drug-likeness (QED) is 0.364. The molecule has 0 heterocycles. The van der Waals surface area contributed by atoms with Gasteiger partial charge in [-0.1, -0.05) is 0 Å². The molecule has 1 fully saturated rings. The highest BCUT2D eigenvalue weighted by Crippen LogP contribution is 2.26. The third-order valence-corrected chi connectivity index (χ3v) is 0.942. The lowest BCUT2D eigenvalue weighted by Crippen LogP contribution is -2.36. The Bertz CT molecular complexity index is 55.1. The molecule has 0 bridgehead atoms. The van der Waals surface area contributed by atoms with Gasteiger partial charge in [0.1, 0.15) is 0 Å². The molecule has 0 unspecified atom stereocenters. The average molecular weight is 123 g/mol. The third-order valence-electron chi connectivity index (χ3n) is 0.942. The molecule has 0 amide bonds. The van der Waals surface area contributed by atoms with Gasteiger partial charge in [0.05, 0.1) is 0 Å². The van der Waals surface area contributed by atoms with E-state index in [0.29, 0.717) is 12.8 Å². The van der Waals surface area contributed by atoms with Crippen molar-refractivity contribution in [3.63, 3.8) is 0 Å². The molecule has 6 N–H and O–H groups in total. The molecule has 1 aliphatic carbocycles. The van der Waals surface area contributed by atoms with Gasteiger partial charge in [0, 0.05) is 12.8 Å². The molecule has 1 saturated carbocycles. The van der Waals surface area contributed by atoms with Crippen LogP contribution in [-0.2, 0) is 0 Å². The fourth-order valence-electron chi connectivity index (χ4n) is 0.403. The smallest absolute Gasteiger partial charge is 0.163 e. The standard InChI is InChI=1S/C4H7O2.2H2O/c5-4(6)2-1-3-4;;/h1,5-6H,2-3H2;2*1H2. The molecule has 0 aromatic heterocycles. The lowest BCUT2D eigenvalue weighted by Gasteiger charge is -2.29. The minimum Gasteiger partial charge on any atom is -0.412 e. The predicted molar refractivity (Wildman–Crippen MR) is 27.9 cm³/mol. The summed E-state index contributed by atoms with van der Waals surface area (Å²) < 4.78 is 0. The topological polar surface area (TPSA) is 103 Å². The van der Waals surface area contributed by atoms with Crippen molar-refractivity contribution in [1.82, 2.24) is 0 Å². The Labute approximate surface area is 47.4 Å². The SMILES string of the molecule is O.O.OC1(O)C[CH]C1. The van der Waals surface area contributed by atoms with E-state index >= 15 is 0 Å². The summed E-state index contributed by atoms with van der Waals surface area (Å²) in [5.41, 5.74) is 0. The van der Waals surface area contributed by atoms with Crippen molar-refractivity contribution < 1.29 is 21.2 Å². The Hall–Kier alpha value is -0.160. The van der Waals surface area contributed by atoms with Gasteiger partial charge in [0.15, 0.2) is 5.79 Å². The summed E-state index contributed by atoms with van der Waals surface area (Å²) in [7, 11) is 0. The maximum absolute atomic E-state index is 8.44. The van der Waals surface area contributed by atoms with E-state index in [1.165, 1.54) is 0 Å². The van der Waals surface area contributed by atoms with Crippen molar-refractivity contribution in [2.45, 2.75) is 18.6 Å². The molecular formula is C4H11O4. The van der Waals surface area contributed by atoms with Gasteiger partial charge in [-0.2, -0.15) is 0 Å². The molecule has 4 heteroatoms. The lowest BCUT2D eigenvalue weighted by molar-refractivity contribution is -0.188. The highest BCUT2D eigenvalue weighted by Gasteiger charge is 2.30. The van der Waals surface area contributed by atoms with Crippen molar-refractivity contribution in [2.24, 2.45) is 0 Å². The second-order valence-corrected chi connectivity index (χ2v) is 1.68. The van der Waals surface area contributed by atoms with Gasteiger partial charge in [-0.25, -0.2) is 0 Å². The summed E-state index contributed by atoms with van der Waals surface area (Å²) in [6.07, 6.45) is 2.71. The molecule has 4 nitrogen and oxygen atoms in total. The summed E-state index contributed by atoms with van der Waals surface area (Å²) in [6.45, 7) is 0. The van der Waals surface area contributed by atoms with Crippen LogP contribution in [0.1, 0.15) is 12.8 Å². The molecule has 0 saturated heterocycles. The fourth-order valence-corrected chi connectivity index (χ4v) is 0.403. The minimum atomic E-state index is -1.33. The van der Waals surface area contributed by atoms with E-state index < -0.39 is 5.79 Å². The summed E-state index contributed by atoms with van der Waals surface area (Å²) in [5, 5.41) is 16.9. The van der Waals surface area contributed by atoms with Crippen LogP contribution in [0.2, 0.25) is 0 Å². The van der Waals surface area contributed by atoms with Gasteiger partial charge in [-0.15, -0.1) is 0 Å². The number of aliphatic hydroxyl groups is 2. The molecule has 51 valence electrons. The van der Waals surface area contributed by atoms with Gasteiger partial charge >= 0.3 is 0 Å². The molecule has 0 spiro atoms. The van der Waals surface area contributed by atoms with Crippen molar-refractivity contribution in [2.75, 3.05) is 0 Å². The zero-order valence-corrected chi connectivity index (χ0v) is 4.39. The molecule has 0 atom stereocenters. The molecule has 1 radical (unpaired) electrons. The normalized spacial score (nSPS) is 21.8. The van der Waals surface area contributed by atoms with E-state index in [0.717, 1.165) is 0 Å².